The number of rotatable bonds is 5. The third kappa shape index (κ3) is 5.51. The summed E-state index contributed by atoms with van der Waals surface area (Å²) in [7, 11) is 0. The van der Waals surface area contributed by atoms with Crippen LogP contribution in [0.15, 0.2) is 6.20 Å². The Kier molecular flexibility index (Phi) is 5.64. The first kappa shape index (κ1) is 17.7. The van der Waals surface area contributed by atoms with Gasteiger partial charge in [0.05, 0.1) is 6.20 Å². The number of carbonyl (C=O) groups is 1. The number of amides is 1. The van der Waals surface area contributed by atoms with E-state index in [1.807, 2.05) is 20.8 Å². The standard InChI is InChI=1S/C16H29N5O2/c1-11(2)21-7-6-13(10-21)17-8-12-9-18-20-14(12)19-15(22)23-16(3,4)5/h9,11,13,17H,6-8,10H2,1-5H3,(H2,18,19,20,22). The molecule has 0 aliphatic carbocycles. The van der Waals surface area contributed by atoms with Crippen molar-refractivity contribution in [3.05, 3.63) is 11.8 Å². The Morgan fingerprint density at radius 1 is 1.52 bits per heavy atom. The molecule has 0 radical (unpaired) electrons. The smallest absolute Gasteiger partial charge is 0.413 e. The van der Waals surface area contributed by atoms with Crippen molar-refractivity contribution < 1.29 is 9.53 Å². The van der Waals surface area contributed by atoms with Crippen LogP contribution in [0.4, 0.5) is 10.6 Å². The number of likely N-dealkylation sites (tertiary alicyclic amines) is 1. The Bertz CT molecular complexity index is 521. The fraction of sp³-hybridized carbons (Fsp3) is 0.750. The zero-order valence-corrected chi connectivity index (χ0v) is 14.8. The molecule has 1 unspecified atom stereocenters. The number of aromatic nitrogens is 2. The normalized spacial score (nSPS) is 19.3. The van der Waals surface area contributed by atoms with Gasteiger partial charge in [-0.1, -0.05) is 0 Å². The van der Waals surface area contributed by atoms with Crippen LogP contribution < -0.4 is 10.6 Å². The lowest BCUT2D eigenvalue weighted by Gasteiger charge is -2.21. The van der Waals surface area contributed by atoms with Crippen LogP contribution in [0.3, 0.4) is 0 Å². The maximum absolute atomic E-state index is 11.8. The minimum atomic E-state index is -0.521. The topological polar surface area (TPSA) is 82.3 Å². The van der Waals surface area contributed by atoms with E-state index in [1.165, 1.54) is 0 Å². The lowest BCUT2D eigenvalue weighted by molar-refractivity contribution is 0.0635. The van der Waals surface area contributed by atoms with Crippen molar-refractivity contribution in [2.24, 2.45) is 0 Å². The molecule has 1 atom stereocenters. The van der Waals surface area contributed by atoms with Crippen molar-refractivity contribution in [3.63, 3.8) is 0 Å². The average molecular weight is 323 g/mol. The van der Waals surface area contributed by atoms with Crippen molar-refractivity contribution in [2.45, 2.75) is 65.3 Å². The van der Waals surface area contributed by atoms with E-state index in [1.54, 1.807) is 6.20 Å². The molecule has 0 bridgehead atoms. The van der Waals surface area contributed by atoms with Gasteiger partial charge in [-0.2, -0.15) is 5.10 Å². The Morgan fingerprint density at radius 3 is 2.87 bits per heavy atom. The SMILES string of the molecule is CC(C)N1CCC(NCc2cn[nH]c2NC(=O)OC(C)(C)C)C1. The molecule has 1 aromatic heterocycles. The molecule has 2 rings (SSSR count). The summed E-state index contributed by atoms with van der Waals surface area (Å²) in [4.78, 5) is 14.3. The summed E-state index contributed by atoms with van der Waals surface area (Å²) in [6.07, 6.45) is 2.40. The maximum Gasteiger partial charge on any atom is 0.413 e. The zero-order chi connectivity index (χ0) is 17.0. The lowest BCUT2D eigenvalue weighted by atomic mass is 10.2. The highest BCUT2D eigenvalue weighted by molar-refractivity contribution is 5.84. The fourth-order valence-electron chi connectivity index (χ4n) is 2.64. The molecular formula is C16H29N5O2. The number of carbonyl (C=O) groups excluding carboxylic acids is 1. The van der Waals surface area contributed by atoms with Crippen LogP contribution in [0, 0.1) is 0 Å². The maximum atomic E-state index is 11.8. The highest BCUT2D eigenvalue weighted by atomic mass is 16.6. The van der Waals surface area contributed by atoms with Gasteiger partial charge >= 0.3 is 6.09 Å². The number of hydrogen-bond donors (Lipinski definition) is 3. The minimum absolute atomic E-state index is 0.474. The van der Waals surface area contributed by atoms with Gasteiger partial charge in [0.2, 0.25) is 0 Å². The predicted molar refractivity (Wildman–Crippen MR) is 90.4 cm³/mol. The van der Waals surface area contributed by atoms with Crippen LogP contribution in [0.25, 0.3) is 0 Å². The molecule has 7 nitrogen and oxygen atoms in total. The van der Waals surface area contributed by atoms with E-state index in [-0.39, 0.29) is 0 Å². The van der Waals surface area contributed by atoms with Crippen molar-refractivity contribution in [3.8, 4) is 0 Å². The van der Waals surface area contributed by atoms with Crippen LogP contribution in [-0.2, 0) is 11.3 Å². The molecule has 130 valence electrons. The number of ether oxygens (including phenoxy) is 1. The Morgan fingerprint density at radius 2 is 2.26 bits per heavy atom. The van der Waals surface area contributed by atoms with E-state index >= 15 is 0 Å². The van der Waals surface area contributed by atoms with E-state index in [0.29, 0.717) is 24.4 Å². The van der Waals surface area contributed by atoms with Gasteiger partial charge in [0.1, 0.15) is 11.4 Å². The molecule has 1 aromatic rings. The molecule has 0 aromatic carbocycles. The molecule has 1 fully saturated rings. The number of nitrogens with zero attached hydrogens (tertiary/aromatic N) is 2. The first-order chi connectivity index (χ1) is 10.7. The lowest BCUT2D eigenvalue weighted by Crippen LogP contribution is -2.35. The van der Waals surface area contributed by atoms with Crippen molar-refractivity contribution in [1.29, 1.82) is 0 Å². The Labute approximate surface area is 138 Å². The van der Waals surface area contributed by atoms with Crippen LogP contribution in [-0.4, -0.2) is 52.0 Å². The number of nitrogens with one attached hydrogen (secondary N) is 3. The number of H-pyrrole nitrogens is 1. The molecule has 1 amide bonds. The van der Waals surface area contributed by atoms with Gasteiger partial charge in [-0.05, 0) is 47.6 Å². The molecule has 1 saturated heterocycles. The second-order valence-corrected chi connectivity index (χ2v) is 7.35. The second kappa shape index (κ2) is 7.31. The predicted octanol–water partition coefficient (Wildman–Crippen LogP) is 2.33. The summed E-state index contributed by atoms with van der Waals surface area (Å²) < 4.78 is 5.26. The van der Waals surface area contributed by atoms with E-state index in [4.69, 9.17) is 4.74 Å². The van der Waals surface area contributed by atoms with Crippen LogP contribution >= 0.6 is 0 Å². The minimum Gasteiger partial charge on any atom is -0.444 e. The number of aromatic amines is 1. The van der Waals surface area contributed by atoms with Gasteiger partial charge in [-0.25, -0.2) is 4.79 Å². The largest absolute Gasteiger partial charge is 0.444 e. The monoisotopic (exact) mass is 323 g/mol. The Balaban J connectivity index is 1.83. The van der Waals surface area contributed by atoms with Crippen LogP contribution in [0.2, 0.25) is 0 Å². The molecule has 1 aliphatic rings. The van der Waals surface area contributed by atoms with Crippen molar-refractivity contribution in [2.75, 3.05) is 18.4 Å². The average Bonchev–Trinajstić information content (AvgIpc) is 3.02. The molecule has 1 aliphatic heterocycles. The summed E-state index contributed by atoms with van der Waals surface area (Å²) in [5.41, 5.74) is 0.408. The van der Waals surface area contributed by atoms with Crippen molar-refractivity contribution >= 4 is 11.9 Å². The highest BCUT2D eigenvalue weighted by Crippen LogP contribution is 2.16. The summed E-state index contributed by atoms with van der Waals surface area (Å²) in [5, 5.41) is 13.1. The van der Waals surface area contributed by atoms with Gasteiger partial charge in [-0.15, -0.1) is 0 Å². The van der Waals surface area contributed by atoms with Gasteiger partial charge in [-0.3, -0.25) is 15.3 Å². The summed E-state index contributed by atoms with van der Waals surface area (Å²) >= 11 is 0. The van der Waals surface area contributed by atoms with E-state index < -0.39 is 11.7 Å². The van der Waals surface area contributed by atoms with Gasteiger partial charge in [0.15, 0.2) is 0 Å². The number of anilines is 1. The summed E-state index contributed by atoms with van der Waals surface area (Å²) in [5.74, 6) is 0.588. The van der Waals surface area contributed by atoms with Gasteiger partial charge < -0.3 is 10.1 Å². The summed E-state index contributed by atoms with van der Waals surface area (Å²) in [6.45, 7) is 12.8. The third-order valence-corrected chi connectivity index (χ3v) is 3.87. The first-order valence-corrected chi connectivity index (χ1v) is 8.24. The van der Waals surface area contributed by atoms with E-state index in [2.05, 4.69) is 39.6 Å². The second-order valence-electron chi connectivity index (χ2n) is 7.35. The van der Waals surface area contributed by atoms with Gasteiger partial charge in [0, 0.05) is 30.7 Å². The molecule has 3 N–H and O–H groups in total. The zero-order valence-electron chi connectivity index (χ0n) is 14.8. The van der Waals surface area contributed by atoms with Gasteiger partial charge in [0.25, 0.3) is 0 Å². The first-order valence-electron chi connectivity index (χ1n) is 8.24. The summed E-state index contributed by atoms with van der Waals surface area (Å²) in [6, 6.07) is 1.06. The highest BCUT2D eigenvalue weighted by Gasteiger charge is 2.24. The quantitative estimate of drug-likeness (QED) is 0.775. The molecule has 2 heterocycles. The van der Waals surface area contributed by atoms with Crippen LogP contribution in [0.5, 0.6) is 0 Å². The molecule has 0 spiro atoms. The molecule has 7 heteroatoms. The molecular weight excluding hydrogens is 294 g/mol. The van der Waals surface area contributed by atoms with Crippen molar-refractivity contribution in [1.82, 2.24) is 20.4 Å². The third-order valence-electron chi connectivity index (χ3n) is 3.87. The van der Waals surface area contributed by atoms with E-state index in [0.717, 1.165) is 25.1 Å². The molecule has 0 saturated carbocycles. The van der Waals surface area contributed by atoms with Crippen LogP contribution in [0.1, 0.15) is 46.6 Å². The fourth-order valence-corrected chi connectivity index (χ4v) is 2.64. The van der Waals surface area contributed by atoms with E-state index in [9.17, 15) is 4.79 Å². The Hall–Kier alpha value is -1.60. The molecule has 23 heavy (non-hydrogen) atoms. The number of hydrogen-bond acceptors (Lipinski definition) is 5.